The second-order valence-electron chi connectivity index (χ2n) is 5.02. The molecule has 0 saturated carbocycles. The van der Waals surface area contributed by atoms with Gasteiger partial charge in [-0.05, 0) is 49.7 Å². The van der Waals surface area contributed by atoms with E-state index in [0.717, 1.165) is 5.56 Å². The predicted octanol–water partition coefficient (Wildman–Crippen LogP) is 3.32. The SMILES string of the molecule is CCOc1ccc(OCC(=O)Nc2ccc(C)cc2[N+](=O)[O-])cc1. The van der Waals surface area contributed by atoms with Gasteiger partial charge in [0.25, 0.3) is 11.6 Å². The highest BCUT2D eigenvalue weighted by Crippen LogP contribution is 2.25. The number of benzene rings is 2. The summed E-state index contributed by atoms with van der Waals surface area (Å²) in [5, 5.41) is 13.5. The van der Waals surface area contributed by atoms with Gasteiger partial charge in [-0.2, -0.15) is 0 Å². The Bertz CT molecular complexity index is 728. The first-order valence-corrected chi connectivity index (χ1v) is 7.40. The van der Waals surface area contributed by atoms with Crippen LogP contribution in [0.4, 0.5) is 11.4 Å². The first kappa shape index (κ1) is 17.3. The van der Waals surface area contributed by atoms with E-state index in [0.29, 0.717) is 18.1 Å². The minimum atomic E-state index is -0.532. The quantitative estimate of drug-likeness (QED) is 0.621. The third kappa shape index (κ3) is 4.70. The van der Waals surface area contributed by atoms with Crippen molar-refractivity contribution in [3.8, 4) is 11.5 Å². The topological polar surface area (TPSA) is 90.7 Å². The average Bonchev–Trinajstić information content (AvgIpc) is 2.56. The lowest BCUT2D eigenvalue weighted by atomic mass is 10.2. The smallest absolute Gasteiger partial charge is 0.293 e. The number of rotatable bonds is 7. The number of nitro benzene ring substituents is 1. The second-order valence-corrected chi connectivity index (χ2v) is 5.02. The number of anilines is 1. The summed E-state index contributed by atoms with van der Waals surface area (Å²) < 4.78 is 10.7. The lowest BCUT2D eigenvalue weighted by molar-refractivity contribution is -0.384. The van der Waals surface area contributed by atoms with Gasteiger partial charge < -0.3 is 14.8 Å². The number of hydrogen-bond donors (Lipinski definition) is 1. The highest BCUT2D eigenvalue weighted by molar-refractivity contribution is 5.94. The van der Waals surface area contributed by atoms with E-state index in [-0.39, 0.29) is 18.0 Å². The van der Waals surface area contributed by atoms with Gasteiger partial charge >= 0.3 is 0 Å². The van der Waals surface area contributed by atoms with Gasteiger partial charge in [0, 0.05) is 6.07 Å². The first-order valence-electron chi connectivity index (χ1n) is 7.40. The molecule has 126 valence electrons. The third-order valence-electron chi connectivity index (χ3n) is 3.13. The predicted molar refractivity (Wildman–Crippen MR) is 89.6 cm³/mol. The fourth-order valence-electron chi connectivity index (χ4n) is 2.03. The standard InChI is InChI=1S/C17H18N2O5/c1-3-23-13-5-7-14(8-6-13)24-11-17(20)18-15-9-4-12(2)10-16(15)19(21)22/h4-10H,3,11H2,1-2H3,(H,18,20). The van der Waals surface area contributed by atoms with Crippen LogP contribution in [0.5, 0.6) is 11.5 Å². The molecule has 0 saturated heterocycles. The summed E-state index contributed by atoms with van der Waals surface area (Å²) in [6.07, 6.45) is 0. The van der Waals surface area contributed by atoms with Crippen molar-refractivity contribution in [3.63, 3.8) is 0 Å². The van der Waals surface area contributed by atoms with E-state index in [2.05, 4.69) is 5.32 Å². The van der Waals surface area contributed by atoms with Crippen molar-refractivity contribution in [2.45, 2.75) is 13.8 Å². The van der Waals surface area contributed by atoms with E-state index in [1.165, 1.54) is 12.1 Å². The third-order valence-corrected chi connectivity index (χ3v) is 3.13. The van der Waals surface area contributed by atoms with Crippen LogP contribution < -0.4 is 14.8 Å². The Morgan fingerprint density at radius 2 is 1.75 bits per heavy atom. The molecule has 0 unspecified atom stereocenters. The fraction of sp³-hybridized carbons (Fsp3) is 0.235. The van der Waals surface area contributed by atoms with Gasteiger partial charge in [0.2, 0.25) is 0 Å². The molecule has 0 heterocycles. The summed E-state index contributed by atoms with van der Waals surface area (Å²) >= 11 is 0. The zero-order valence-electron chi connectivity index (χ0n) is 13.4. The number of aryl methyl sites for hydroxylation is 1. The number of amides is 1. The van der Waals surface area contributed by atoms with Gasteiger partial charge in [0.1, 0.15) is 17.2 Å². The Hall–Kier alpha value is -3.09. The maximum atomic E-state index is 11.9. The Balaban J connectivity index is 1.95. The van der Waals surface area contributed by atoms with Gasteiger partial charge in [-0.3, -0.25) is 14.9 Å². The Morgan fingerprint density at radius 3 is 2.33 bits per heavy atom. The van der Waals surface area contributed by atoms with E-state index in [1.54, 1.807) is 37.3 Å². The molecule has 2 aromatic carbocycles. The van der Waals surface area contributed by atoms with Gasteiger partial charge in [0.05, 0.1) is 11.5 Å². The minimum Gasteiger partial charge on any atom is -0.494 e. The number of nitrogens with one attached hydrogen (secondary N) is 1. The molecule has 24 heavy (non-hydrogen) atoms. The Morgan fingerprint density at radius 1 is 1.12 bits per heavy atom. The van der Waals surface area contributed by atoms with Crippen LogP contribution in [0.25, 0.3) is 0 Å². The first-order chi connectivity index (χ1) is 11.5. The Kier molecular flexibility index (Phi) is 5.73. The van der Waals surface area contributed by atoms with Gasteiger partial charge in [-0.25, -0.2) is 0 Å². The molecule has 0 aromatic heterocycles. The second kappa shape index (κ2) is 7.96. The summed E-state index contributed by atoms with van der Waals surface area (Å²) in [6.45, 7) is 3.95. The minimum absolute atomic E-state index is 0.144. The van der Waals surface area contributed by atoms with E-state index < -0.39 is 10.8 Å². The summed E-state index contributed by atoms with van der Waals surface area (Å²) in [6, 6.07) is 11.4. The monoisotopic (exact) mass is 330 g/mol. The number of nitrogens with zero attached hydrogens (tertiary/aromatic N) is 1. The van der Waals surface area contributed by atoms with Crippen molar-refractivity contribution in [2.24, 2.45) is 0 Å². The van der Waals surface area contributed by atoms with Crippen LogP contribution in [0, 0.1) is 17.0 Å². The van der Waals surface area contributed by atoms with Gasteiger partial charge in [0.15, 0.2) is 6.61 Å². The molecule has 7 heteroatoms. The number of carbonyl (C=O) groups excluding carboxylic acids is 1. The van der Waals surface area contributed by atoms with Crippen molar-refractivity contribution in [2.75, 3.05) is 18.5 Å². The highest BCUT2D eigenvalue weighted by atomic mass is 16.6. The maximum Gasteiger partial charge on any atom is 0.293 e. The van der Waals surface area contributed by atoms with E-state index in [4.69, 9.17) is 9.47 Å². The van der Waals surface area contributed by atoms with Crippen molar-refractivity contribution in [3.05, 3.63) is 58.1 Å². The van der Waals surface area contributed by atoms with Crippen LogP contribution in [-0.2, 0) is 4.79 Å². The summed E-state index contributed by atoms with van der Waals surface area (Å²) in [5.74, 6) is 0.743. The van der Waals surface area contributed by atoms with Crippen molar-refractivity contribution in [1.82, 2.24) is 0 Å². The van der Waals surface area contributed by atoms with Gasteiger partial charge in [-0.1, -0.05) is 6.07 Å². The van der Waals surface area contributed by atoms with Crippen LogP contribution in [0.3, 0.4) is 0 Å². The van der Waals surface area contributed by atoms with E-state index in [1.807, 2.05) is 6.92 Å². The molecular formula is C17H18N2O5. The van der Waals surface area contributed by atoms with Crippen molar-refractivity contribution in [1.29, 1.82) is 0 Å². The molecular weight excluding hydrogens is 312 g/mol. The molecule has 2 aromatic rings. The number of carbonyl (C=O) groups is 1. The zero-order chi connectivity index (χ0) is 17.5. The molecule has 2 rings (SSSR count). The number of ether oxygens (including phenoxy) is 2. The average molecular weight is 330 g/mol. The molecule has 7 nitrogen and oxygen atoms in total. The van der Waals surface area contributed by atoms with Crippen LogP contribution in [0.2, 0.25) is 0 Å². The van der Waals surface area contributed by atoms with Crippen molar-refractivity contribution < 1.29 is 19.2 Å². The molecule has 0 aliphatic rings. The zero-order valence-corrected chi connectivity index (χ0v) is 13.4. The molecule has 0 atom stereocenters. The summed E-state index contributed by atoms with van der Waals surface area (Å²) in [5.41, 5.74) is 0.737. The molecule has 0 radical (unpaired) electrons. The lowest BCUT2D eigenvalue weighted by Crippen LogP contribution is -2.20. The van der Waals surface area contributed by atoms with Crippen LogP contribution in [0.15, 0.2) is 42.5 Å². The van der Waals surface area contributed by atoms with Crippen LogP contribution in [-0.4, -0.2) is 24.0 Å². The normalized spacial score (nSPS) is 10.1. The van der Waals surface area contributed by atoms with Gasteiger partial charge in [-0.15, -0.1) is 0 Å². The summed E-state index contributed by atoms with van der Waals surface area (Å²) in [4.78, 5) is 22.4. The molecule has 0 fully saturated rings. The van der Waals surface area contributed by atoms with E-state index >= 15 is 0 Å². The molecule has 1 N–H and O–H groups in total. The summed E-state index contributed by atoms with van der Waals surface area (Å²) in [7, 11) is 0. The molecule has 0 bridgehead atoms. The Labute approximate surface area is 139 Å². The van der Waals surface area contributed by atoms with Crippen LogP contribution in [0.1, 0.15) is 12.5 Å². The van der Waals surface area contributed by atoms with Crippen LogP contribution >= 0.6 is 0 Å². The highest BCUT2D eigenvalue weighted by Gasteiger charge is 2.16. The van der Waals surface area contributed by atoms with Crippen molar-refractivity contribution >= 4 is 17.3 Å². The van der Waals surface area contributed by atoms with E-state index in [9.17, 15) is 14.9 Å². The largest absolute Gasteiger partial charge is 0.494 e. The maximum absolute atomic E-state index is 11.9. The molecule has 0 spiro atoms. The molecule has 0 aliphatic carbocycles. The molecule has 1 amide bonds. The number of nitro groups is 1. The number of hydrogen-bond acceptors (Lipinski definition) is 5. The fourth-order valence-corrected chi connectivity index (χ4v) is 2.03. The lowest BCUT2D eigenvalue weighted by Gasteiger charge is -2.09. The molecule has 0 aliphatic heterocycles.